The third kappa shape index (κ3) is 1.52. The monoisotopic (exact) mass is 306 g/mol. The predicted molar refractivity (Wildman–Crippen MR) is 89.8 cm³/mol. The van der Waals surface area contributed by atoms with Crippen molar-refractivity contribution in [2.45, 2.75) is 69.1 Å². The summed E-state index contributed by atoms with van der Waals surface area (Å²) in [5, 5.41) is 2.89. The van der Waals surface area contributed by atoms with Gasteiger partial charge in [-0.15, -0.1) is 0 Å². The first-order valence-corrected chi connectivity index (χ1v) is 11.4. The summed E-state index contributed by atoms with van der Waals surface area (Å²) >= 11 is 0. The highest BCUT2D eigenvalue weighted by atomic mass is 31.2. The van der Waals surface area contributed by atoms with Crippen molar-refractivity contribution in [2.24, 2.45) is 0 Å². The van der Waals surface area contributed by atoms with E-state index in [9.17, 15) is 4.57 Å². The van der Waals surface area contributed by atoms with Crippen molar-refractivity contribution in [2.75, 3.05) is 0 Å². The molecule has 0 aromatic heterocycles. The van der Waals surface area contributed by atoms with Crippen LogP contribution in [0.4, 0.5) is 0 Å². The summed E-state index contributed by atoms with van der Waals surface area (Å²) in [4.78, 5) is 0. The maximum Gasteiger partial charge on any atom is 0.126 e. The molecule has 0 bridgehead atoms. The van der Waals surface area contributed by atoms with Crippen LogP contribution in [0.3, 0.4) is 0 Å². The van der Waals surface area contributed by atoms with Gasteiger partial charge in [-0.1, -0.05) is 46.9 Å². The van der Waals surface area contributed by atoms with Gasteiger partial charge in [0.15, 0.2) is 0 Å². The summed E-state index contributed by atoms with van der Waals surface area (Å²) in [5.74, 6) is 0. The Morgan fingerprint density at radius 3 is 2.45 bits per heavy atom. The molecule has 20 heavy (non-hydrogen) atoms. The van der Waals surface area contributed by atoms with Gasteiger partial charge in [0, 0.05) is 16.6 Å². The Labute approximate surface area is 123 Å². The Balaban J connectivity index is 1.87. The second-order valence-corrected chi connectivity index (χ2v) is 13.5. The van der Waals surface area contributed by atoms with Crippen molar-refractivity contribution in [1.29, 1.82) is 0 Å². The van der Waals surface area contributed by atoms with Crippen molar-refractivity contribution >= 4 is 25.7 Å². The highest BCUT2D eigenvalue weighted by molar-refractivity contribution is 7.78. The van der Waals surface area contributed by atoms with Crippen molar-refractivity contribution < 1.29 is 4.57 Å². The standard InChI is InChI=1S/C17H24OP2/c1-11-7-8-12(2)19(11)15-6-4-5-14-16-10-9-13(3)20(16,18)17(14)15/h4-6,11-13,16H,7-10H2,1-3H3/t11-,12-,13-,16+,20?/m1/s1. The molecule has 0 aliphatic carbocycles. The fourth-order valence-electron chi connectivity index (χ4n) is 4.84. The van der Waals surface area contributed by atoms with Gasteiger partial charge in [-0.05, 0) is 47.9 Å². The van der Waals surface area contributed by atoms with Gasteiger partial charge in [0.1, 0.15) is 7.14 Å². The minimum absolute atomic E-state index is 0.0952. The molecule has 0 spiro atoms. The van der Waals surface area contributed by atoms with Gasteiger partial charge >= 0.3 is 0 Å². The number of fused-ring (bicyclic) bond motifs is 4. The maximum absolute atomic E-state index is 13.6. The zero-order valence-electron chi connectivity index (χ0n) is 12.7. The van der Waals surface area contributed by atoms with Crippen LogP contribution in [-0.2, 0) is 4.57 Å². The van der Waals surface area contributed by atoms with E-state index >= 15 is 0 Å². The van der Waals surface area contributed by atoms with Crippen molar-refractivity contribution in [3.63, 3.8) is 0 Å². The molecule has 0 radical (unpaired) electrons. The Kier molecular flexibility index (Phi) is 3.00. The molecule has 3 aliphatic rings. The molecule has 108 valence electrons. The molecule has 1 nitrogen and oxygen atoms in total. The topological polar surface area (TPSA) is 17.1 Å². The lowest BCUT2D eigenvalue weighted by Crippen LogP contribution is -2.39. The quantitative estimate of drug-likeness (QED) is 0.694. The molecule has 0 amide bonds. The molecule has 2 fully saturated rings. The lowest BCUT2D eigenvalue weighted by Gasteiger charge is -2.41. The number of hydrogen-bond acceptors (Lipinski definition) is 1. The van der Waals surface area contributed by atoms with E-state index in [-0.39, 0.29) is 7.92 Å². The fraction of sp³-hybridized carbons (Fsp3) is 0.647. The molecule has 1 unspecified atom stereocenters. The summed E-state index contributed by atoms with van der Waals surface area (Å²) in [7, 11) is -2.16. The van der Waals surface area contributed by atoms with E-state index in [0.717, 1.165) is 17.7 Å². The molecule has 3 heteroatoms. The zero-order valence-corrected chi connectivity index (χ0v) is 14.5. The minimum atomic E-state index is -2.06. The average Bonchev–Trinajstić information content (AvgIpc) is 2.87. The SMILES string of the molecule is C[C@@H]1CC[C@@H](C)P1c1cccc2c1P1(=O)[C@H](C)CC[C@@H]21. The van der Waals surface area contributed by atoms with Crippen LogP contribution in [-0.4, -0.2) is 17.0 Å². The molecule has 0 saturated carbocycles. The van der Waals surface area contributed by atoms with Crippen LogP contribution in [0.15, 0.2) is 18.2 Å². The van der Waals surface area contributed by atoms with Gasteiger partial charge in [0.25, 0.3) is 0 Å². The highest BCUT2D eigenvalue weighted by Crippen LogP contribution is 2.76. The molecule has 2 saturated heterocycles. The number of rotatable bonds is 1. The van der Waals surface area contributed by atoms with E-state index in [2.05, 4.69) is 39.0 Å². The van der Waals surface area contributed by atoms with Gasteiger partial charge in [0.2, 0.25) is 0 Å². The Hall–Kier alpha value is -0.120. The lowest BCUT2D eigenvalue weighted by molar-refractivity contribution is 0.570. The van der Waals surface area contributed by atoms with E-state index in [1.807, 2.05) is 0 Å². The lowest BCUT2D eigenvalue weighted by atomic mass is 10.1. The Morgan fingerprint density at radius 1 is 1.05 bits per heavy atom. The van der Waals surface area contributed by atoms with Crippen LogP contribution in [0.5, 0.6) is 0 Å². The Morgan fingerprint density at radius 2 is 1.75 bits per heavy atom. The van der Waals surface area contributed by atoms with Gasteiger partial charge in [-0.3, -0.25) is 0 Å². The zero-order chi connectivity index (χ0) is 14.1. The second kappa shape index (κ2) is 4.44. The number of hydrogen-bond donors (Lipinski definition) is 0. The smallest absolute Gasteiger partial charge is 0.126 e. The van der Waals surface area contributed by atoms with E-state index in [1.54, 1.807) is 0 Å². The van der Waals surface area contributed by atoms with Crippen LogP contribution >= 0.6 is 15.1 Å². The van der Waals surface area contributed by atoms with E-state index < -0.39 is 7.14 Å². The molecular formula is C17H24OP2. The summed E-state index contributed by atoms with van der Waals surface area (Å²) in [6.07, 6.45) is 5.05. The molecule has 1 aromatic rings. The Bertz CT molecular complexity index is 599. The summed E-state index contributed by atoms with van der Waals surface area (Å²) in [5.41, 5.74) is 3.95. The van der Waals surface area contributed by atoms with Gasteiger partial charge in [-0.25, -0.2) is 0 Å². The van der Waals surface area contributed by atoms with Crippen LogP contribution in [0.25, 0.3) is 0 Å². The second-order valence-electron chi connectivity index (χ2n) is 7.05. The first-order valence-electron chi connectivity index (χ1n) is 8.06. The van der Waals surface area contributed by atoms with Crippen LogP contribution < -0.4 is 10.6 Å². The van der Waals surface area contributed by atoms with Gasteiger partial charge in [0.05, 0.1) is 0 Å². The molecule has 5 atom stereocenters. The molecular weight excluding hydrogens is 282 g/mol. The molecule has 3 aliphatic heterocycles. The van der Waals surface area contributed by atoms with E-state index in [0.29, 0.717) is 11.3 Å². The third-order valence-electron chi connectivity index (χ3n) is 5.96. The third-order valence-corrected chi connectivity index (χ3v) is 13.7. The van der Waals surface area contributed by atoms with Crippen LogP contribution in [0, 0.1) is 0 Å². The molecule has 0 N–H and O–H groups in total. The normalized spacial score (nSPS) is 43.1. The molecule has 1 aromatic carbocycles. The van der Waals surface area contributed by atoms with Crippen LogP contribution in [0.2, 0.25) is 0 Å². The van der Waals surface area contributed by atoms with Crippen molar-refractivity contribution in [1.82, 2.24) is 0 Å². The maximum atomic E-state index is 13.6. The van der Waals surface area contributed by atoms with Crippen molar-refractivity contribution in [3.05, 3.63) is 23.8 Å². The number of benzene rings is 1. The molecule has 3 heterocycles. The molecule has 4 rings (SSSR count). The van der Waals surface area contributed by atoms with E-state index in [4.69, 9.17) is 0 Å². The van der Waals surface area contributed by atoms with Crippen molar-refractivity contribution in [3.8, 4) is 0 Å². The largest absolute Gasteiger partial charge is 0.318 e. The van der Waals surface area contributed by atoms with E-state index in [1.165, 1.54) is 35.4 Å². The van der Waals surface area contributed by atoms with Gasteiger partial charge in [-0.2, -0.15) is 0 Å². The summed E-state index contributed by atoms with van der Waals surface area (Å²) < 4.78 is 13.6. The first kappa shape index (κ1) is 13.5. The highest BCUT2D eigenvalue weighted by Gasteiger charge is 2.56. The van der Waals surface area contributed by atoms with Crippen LogP contribution in [0.1, 0.15) is 57.7 Å². The first-order chi connectivity index (χ1) is 9.55. The fourth-order valence-corrected chi connectivity index (χ4v) is 12.9. The summed E-state index contributed by atoms with van der Waals surface area (Å²) in [6.45, 7) is 7.06. The summed E-state index contributed by atoms with van der Waals surface area (Å²) in [6, 6.07) is 6.82. The van der Waals surface area contributed by atoms with Gasteiger partial charge < -0.3 is 4.57 Å². The minimum Gasteiger partial charge on any atom is -0.318 e. The predicted octanol–water partition coefficient (Wildman–Crippen LogP) is 4.59. The average molecular weight is 306 g/mol.